The fourth-order valence-electron chi connectivity index (χ4n) is 3.32. The molecule has 4 heteroatoms. The third kappa shape index (κ3) is 4.76. The maximum Gasteiger partial charge on any atom is 0.313 e. The van der Waals surface area contributed by atoms with Gasteiger partial charge in [-0.25, -0.2) is 0 Å². The third-order valence-electron chi connectivity index (χ3n) is 4.78. The molecule has 0 aliphatic heterocycles. The lowest BCUT2D eigenvalue weighted by Gasteiger charge is -2.17. The van der Waals surface area contributed by atoms with Crippen LogP contribution < -0.4 is 0 Å². The molecule has 28 heavy (non-hydrogen) atoms. The number of halogens is 2. The highest BCUT2D eigenvalue weighted by Gasteiger charge is 2.22. The van der Waals surface area contributed by atoms with Crippen molar-refractivity contribution in [3.05, 3.63) is 82.3 Å². The summed E-state index contributed by atoms with van der Waals surface area (Å²) in [6, 6.07) is 21.7. The molecule has 0 saturated carbocycles. The van der Waals surface area contributed by atoms with Gasteiger partial charge < -0.3 is 4.74 Å². The molecule has 1 unspecified atom stereocenters. The first-order chi connectivity index (χ1) is 13.5. The van der Waals surface area contributed by atoms with Gasteiger partial charge in [-0.3, -0.25) is 4.79 Å². The predicted octanol–water partition coefficient (Wildman–Crippen LogP) is 7.38. The van der Waals surface area contributed by atoms with Crippen molar-refractivity contribution < 1.29 is 9.53 Å². The first-order valence-electron chi connectivity index (χ1n) is 9.26. The van der Waals surface area contributed by atoms with Crippen molar-refractivity contribution in [1.82, 2.24) is 0 Å². The minimum Gasteiger partial charge on any atom is -0.469 e. The number of benzene rings is 3. The molecule has 0 radical (unpaired) electrons. The van der Waals surface area contributed by atoms with Crippen LogP contribution in [0.25, 0.3) is 22.3 Å². The Labute approximate surface area is 176 Å². The summed E-state index contributed by atoms with van der Waals surface area (Å²) in [6.45, 7) is 2.07. The van der Waals surface area contributed by atoms with Crippen molar-refractivity contribution in [3.63, 3.8) is 0 Å². The van der Waals surface area contributed by atoms with Gasteiger partial charge in [-0.15, -0.1) is 0 Å². The Bertz CT molecular complexity index is 884. The van der Waals surface area contributed by atoms with E-state index in [0.29, 0.717) is 10.0 Å². The Morgan fingerprint density at radius 2 is 1.29 bits per heavy atom. The van der Waals surface area contributed by atoms with Crippen LogP contribution in [0.5, 0.6) is 0 Å². The number of carbonyl (C=O) groups is 1. The first-order valence-corrected chi connectivity index (χ1v) is 10.0. The van der Waals surface area contributed by atoms with Gasteiger partial charge in [0.25, 0.3) is 0 Å². The largest absolute Gasteiger partial charge is 0.469 e. The highest BCUT2D eigenvalue weighted by Crippen LogP contribution is 2.34. The molecular weight excluding hydrogens is 391 g/mol. The van der Waals surface area contributed by atoms with E-state index in [9.17, 15) is 4.79 Å². The van der Waals surface area contributed by atoms with Crippen molar-refractivity contribution in [1.29, 1.82) is 0 Å². The molecule has 3 aromatic carbocycles. The summed E-state index contributed by atoms with van der Waals surface area (Å²) in [5.41, 5.74) is 5.10. The van der Waals surface area contributed by atoms with Crippen molar-refractivity contribution in [3.8, 4) is 22.3 Å². The second-order valence-corrected chi connectivity index (χ2v) is 7.59. The quantitative estimate of drug-likeness (QED) is 0.394. The standard InChI is InChI=1S/C24H22Cl2O2/c1-3-4-23(24(27)28-2)20-14-18(16-5-9-21(25)10-6-16)13-19(15-20)17-7-11-22(26)12-8-17/h5-15,23H,3-4H2,1-2H3. The minimum absolute atomic E-state index is 0.211. The van der Waals surface area contributed by atoms with Crippen LogP contribution in [0.3, 0.4) is 0 Å². The molecule has 0 aliphatic carbocycles. The molecule has 0 aromatic heterocycles. The number of methoxy groups -OCH3 is 1. The summed E-state index contributed by atoms with van der Waals surface area (Å²) in [5.74, 6) is -0.509. The number of carbonyl (C=O) groups excluding carboxylic acids is 1. The Morgan fingerprint density at radius 3 is 1.68 bits per heavy atom. The molecule has 0 N–H and O–H groups in total. The molecule has 0 heterocycles. The van der Waals surface area contributed by atoms with Gasteiger partial charge >= 0.3 is 5.97 Å². The summed E-state index contributed by atoms with van der Waals surface area (Å²) < 4.78 is 5.07. The minimum atomic E-state index is -0.298. The molecular formula is C24H22Cl2O2. The maximum absolute atomic E-state index is 12.4. The monoisotopic (exact) mass is 412 g/mol. The number of ether oxygens (including phenoxy) is 1. The van der Waals surface area contributed by atoms with E-state index in [1.54, 1.807) is 0 Å². The molecule has 0 amide bonds. The van der Waals surface area contributed by atoms with Crippen LogP contribution in [-0.2, 0) is 9.53 Å². The van der Waals surface area contributed by atoms with Crippen LogP contribution in [0.2, 0.25) is 10.0 Å². The van der Waals surface area contributed by atoms with E-state index >= 15 is 0 Å². The topological polar surface area (TPSA) is 26.3 Å². The summed E-state index contributed by atoms with van der Waals surface area (Å²) >= 11 is 12.1. The maximum atomic E-state index is 12.4. The van der Waals surface area contributed by atoms with Gasteiger partial charge in [0.15, 0.2) is 0 Å². The summed E-state index contributed by atoms with van der Waals surface area (Å²) in [6.07, 6.45) is 1.62. The third-order valence-corrected chi connectivity index (χ3v) is 5.28. The van der Waals surface area contributed by atoms with Crippen LogP contribution in [0.4, 0.5) is 0 Å². The number of hydrogen-bond donors (Lipinski definition) is 0. The molecule has 3 rings (SSSR count). The second kappa shape index (κ2) is 9.27. The first kappa shape index (κ1) is 20.4. The predicted molar refractivity (Wildman–Crippen MR) is 117 cm³/mol. The number of esters is 1. The Balaban J connectivity index is 2.16. The zero-order valence-electron chi connectivity index (χ0n) is 15.9. The SMILES string of the molecule is CCCC(C(=O)OC)c1cc(-c2ccc(Cl)cc2)cc(-c2ccc(Cl)cc2)c1. The highest BCUT2D eigenvalue weighted by molar-refractivity contribution is 6.30. The summed E-state index contributed by atoms with van der Waals surface area (Å²) in [5, 5.41) is 1.38. The molecule has 144 valence electrons. The van der Waals surface area contributed by atoms with Gasteiger partial charge in [-0.05, 0) is 64.6 Å². The summed E-state index contributed by atoms with van der Waals surface area (Å²) in [7, 11) is 1.44. The lowest BCUT2D eigenvalue weighted by molar-refractivity contribution is -0.142. The van der Waals surface area contributed by atoms with E-state index in [0.717, 1.165) is 40.7 Å². The fraction of sp³-hybridized carbons (Fsp3) is 0.208. The Hall–Kier alpha value is -2.29. The van der Waals surface area contributed by atoms with Crippen LogP contribution in [-0.4, -0.2) is 13.1 Å². The van der Waals surface area contributed by atoms with E-state index in [1.165, 1.54) is 7.11 Å². The number of rotatable bonds is 6. The highest BCUT2D eigenvalue weighted by atomic mass is 35.5. The van der Waals surface area contributed by atoms with Crippen molar-refractivity contribution in [2.45, 2.75) is 25.7 Å². The van der Waals surface area contributed by atoms with Gasteiger partial charge in [0.1, 0.15) is 0 Å². The van der Waals surface area contributed by atoms with Crippen LogP contribution in [0.15, 0.2) is 66.7 Å². The molecule has 0 aliphatic rings. The van der Waals surface area contributed by atoms with Crippen LogP contribution >= 0.6 is 23.2 Å². The van der Waals surface area contributed by atoms with E-state index in [1.807, 2.05) is 48.5 Å². The van der Waals surface area contributed by atoms with Gasteiger partial charge in [-0.1, -0.05) is 72.9 Å². The van der Waals surface area contributed by atoms with E-state index in [4.69, 9.17) is 27.9 Å². The summed E-state index contributed by atoms with van der Waals surface area (Å²) in [4.78, 5) is 12.4. The molecule has 0 spiro atoms. The average molecular weight is 413 g/mol. The average Bonchev–Trinajstić information content (AvgIpc) is 2.72. The molecule has 3 aromatic rings. The molecule has 0 saturated heterocycles. The van der Waals surface area contributed by atoms with E-state index in [2.05, 4.69) is 25.1 Å². The van der Waals surface area contributed by atoms with Gasteiger partial charge in [0, 0.05) is 10.0 Å². The lowest BCUT2D eigenvalue weighted by Crippen LogP contribution is -2.14. The molecule has 2 nitrogen and oxygen atoms in total. The van der Waals surface area contributed by atoms with Crippen molar-refractivity contribution >= 4 is 29.2 Å². The Kier molecular flexibility index (Phi) is 6.77. The van der Waals surface area contributed by atoms with Crippen LogP contribution in [0.1, 0.15) is 31.2 Å². The van der Waals surface area contributed by atoms with E-state index in [-0.39, 0.29) is 11.9 Å². The lowest BCUT2D eigenvalue weighted by atomic mass is 9.88. The molecule has 0 bridgehead atoms. The Morgan fingerprint density at radius 1 is 0.821 bits per heavy atom. The molecule has 0 fully saturated rings. The van der Waals surface area contributed by atoms with Crippen LogP contribution in [0, 0.1) is 0 Å². The van der Waals surface area contributed by atoms with Crippen molar-refractivity contribution in [2.24, 2.45) is 0 Å². The fourth-order valence-corrected chi connectivity index (χ4v) is 3.57. The molecule has 1 atom stereocenters. The van der Waals surface area contributed by atoms with E-state index < -0.39 is 0 Å². The van der Waals surface area contributed by atoms with Gasteiger partial charge in [0.05, 0.1) is 13.0 Å². The zero-order chi connectivity index (χ0) is 20.1. The van der Waals surface area contributed by atoms with Gasteiger partial charge in [-0.2, -0.15) is 0 Å². The van der Waals surface area contributed by atoms with Crippen molar-refractivity contribution in [2.75, 3.05) is 7.11 Å². The normalized spacial score (nSPS) is 11.9. The second-order valence-electron chi connectivity index (χ2n) is 6.72. The number of hydrogen-bond acceptors (Lipinski definition) is 2. The van der Waals surface area contributed by atoms with Gasteiger partial charge in [0.2, 0.25) is 0 Å². The zero-order valence-corrected chi connectivity index (χ0v) is 17.4. The smallest absolute Gasteiger partial charge is 0.313 e.